The Morgan fingerprint density at radius 1 is 1.11 bits per heavy atom. The second kappa shape index (κ2) is 12.6. The van der Waals surface area contributed by atoms with Crippen LogP contribution in [0.25, 0.3) is 5.57 Å². The van der Waals surface area contributed by atoms with Crippen LogP contribution in [0, 0.1) is 0 Å². The monoisotopic (exact) mass is 254 g/mol. The molecule has 0 unspecified atom stereocenters. The summed E-state index contributed by atoms with van der Waals surface area (Å²) >= 11 is 0. The van der Waals surface area contributed by atoms with E-state index in [1.165, 1.54) is 24.8 Å². The molecule has 1 aromatic rings. The van der Waals surface area contributed by atoms with Crippen molar-refractivity contribution in [3.05, 3.63) is 79.4 Å². The van der Waals surface area contributed by atoms with Crippen molar-refractivity contribution in [1.29, 1.82) is 0 Å². The summed E-state index contributed by atoms with van der Waals surface area (Å²) in [7, 11) is 0. The predicted octanol–water partition coefficient (Wildman–Crippen LogP) is 6.19. The van der Waals surface area contributed by atoms with Gasteiger partial charge in [0.05, 0.1) is 0 Å². The van der Waals surface area contributed by atoms with Crippen molar-refractivity contribution in [3.8, 4) is 0 Å². The highest BCUT2D eigenvalue weighted by Crippen LogP contribution is 2.08. The maximum absolute atomic E-state index is 3.83. The van der Waals surface area contributed by atoms with Gasteiger partial charge in [-0.3, -0.25) is 0 Å². The smallest absolute Gasteiger partial charge is 0.0233 e. The minimum Gasteiger partial charge on any atom is -0.0991 e. The fourth-order valence-corrected chi connectivity index (χ4v) is 1.45. The first-order chi connectivity index (χ1) is 9.22. The van der Waals surface area contributed by atoms with Gasteiger partial charge in [0.1, 0.15) is 0 Å². The van der Waals surface area contributed by atoms with E-state index >= 15 is 0 Å². The van der Waals surface area contributed by atoms with Crippen molar-refractivity contribution >= 4 is 5.57 Å². The van der Waals surface area contributed by atoms with Crippen molar-refractivity contribution in [1.82, 2.24) is 0 Å². The third-order valence-corrected chi connectivity index (χ3v) is 2.50. The zero-order chi connectivity index (χ0) is 14.3. The first kappa shape index (κ1) is 17.2. The van der Waals surface area contributed by atoms with Crippen LogP contribution in [-0.2, 0) is 0 Å². The fourth-order valence-electron chi connectivity index (χ4n) is 1.45. The van der Waals surface area contributed by atoms with Gasteiger partial charge in [0.25, 0.3) is 0 Å². The highest BCUT2D eigenvalue weighted by Gasteiger charge is 1.86. The number of allylic oxidation sites excluding steroid dienone is 6. The lowest BCUT2D eigenvalue weighted by atomic mass is 10.1. The molecule has 2 rings (SSSR count). The third-order valence-electron chi connectivity index (χ3n) is 2.50. The van der Waals surface area contributed by atoms with Gasteiger partial charge in [0, 0.05) is 0 Å². The minimum atomic E-state index is 1.12. The van der Waals surface area contributed by atoms with Gasteiger partial charge in [-0.15, -0.1) is 0 Å². The van der Waals surface area contributed by atoms with Crippen LogP contribution in [-0.4, -0.2) is 0 Å². The van der Waals surface area contributed by atoms with Gasteiger partial charge < -0.3 is 0 Å². The van der Waals surface area contributed by atoms with E-state index in [-0.39, 0.29) is 0 Å². The maximum Gasteiger partial charge on any atom is -0.0233 e. The lowest BCUT2D eigenvalue weighted by molar-refractivity contribution is 0.929. The van der Waals surface area contributed by atoms with Gasteiger partial charge in [-0.05, 0) is 38.7 Å². The molecule has 1 aromatic carbocycles. The molecule has 0 N–H and O–H groups in total. The van der Waals surface area contributed by atoms with E-state index in [0.29, 0.717) is 0 Å². The number of rotatable bonds is 2. The van der Waals surface area contributed by atoms with Crippen molar-refractivity contribution in [2.75, 3.05) is 0 Å². The van der Waals surface area contributed by atoms with E-state index in [4.69, 9.17) is 0 Å². The average molecular weight is 254 g/mol. The third kappa shape index (κ3) is 11.0. The molecule has 0 radical (unpaired) electrons. The standard InChI is InChI=1S/C9H10.2C5H8/c1-8(2)9-6-4-3-5-7-9;1-2-4-5-3-1;1-3-5-4-2/h3-7H,1H2,2H3;1-2H,3-5H2;3-5H,1H2,2H3/b;;5-4+. The summed E-state index contributed by atoms with van der Waals surface area (Å²) in [4.78, 5) is 0. The van der Waals surface area contributed by atoms with Gasteiger partial charge in [-0.2, -0.15) is 0 Å². The molecule has 0 nitrogen and oxygen atoms in total. The molecule has 1 aliphatic carbocycles. The second-order valence-corrected chi connectivity index (χ2v) is 4.31. The number of benzene rings is 1. The fraction of sp³-hybridized carbons (Fsp3) is 0.263. The quantitative estimate of drug-likeness (QED) is 0.435. The summed E-state index contributed by atoms with van der Waals surface area (Å²) in [5, 5.41) is 0. The molecular weight excluding hydrogens is 228 g/mol. The zero-order valence-corrected chi connectivity index (χ0v) is 12.3. The lowest BCUT2D eigenvalue weighted by Crippen LogP contribution is -1.72. The van der Waals surface area contributed by atoms with Crippen molar-refractivity contribution < 1.29 is 0 Å². The van der Waals surface area contributed by atoms with Crippen molar-refractivity contribution in [2.45, 2.75) is 33.1 Å². The molecular formula is C19H26. The molecule has 0 saturated heterocycles. The Kier molecular flexibility index (Phi) is 11.4. The van der Waals surface area contributed by atoms with Crippen LogP contribution in [0.15, 0.2) is 73.9 Å². The first-order valence-electron chi connectivity index (χ1n) is 6.82. The second-order valence-electron chi connectivity index (χ2n) is 4.31. The van der Waals surface area contributed by atoms with Crippen LogP contribution in [0.2, 0.25) is 0 Å². The van der Waals surface area contributed by atoms with Crippen molar-refractivity contribution in [3.63, 3.8) is 0 Å². The normalized spacial score (nSPS) is 12.1. The summed E-state index contributed by atoms with van der Waals surface area (Å²) in [5.74, 6) is 0. The summed E-state index contributed by atoms with van der Waals surface area (Å²) < 4.78 is 0. The molecule has 0 aliphatic heterocycles. The molecule has 0 fully saturated rings. The van der Waals surface area contributed by atoms with Crippen LogP contribution in [0.3, 0.4) is 0 Å². The van der Waals surface area contributed by atoms with Gasteiger partial charge in [-0.1, -0.05) is 79.4 Å². The van der Waals surface area contributed by atoms with Crippen LogP contribution >= 0.6 is 0 Å². The Morgan fingerprint density at radius 2 is 1.68 bits per heavy atom. The highest BCUT2D eigenvalue weighted by atomic mass is 13.9. The molecule has 0 heteroatoms. The topological polar surface area (TPSA) is 0 Å². The van der Waals surface area contributed by atoms with E-state index in [0.717, 1.165) is 5.57 Å². The van der Waals surface area contributed by atoms with Gasteiger partial charge >= 0.3 is 0 Å². The Morgan fingerprint density at radius 3 is 1.89 bits per heavy atom. The van der Waals surface area contributed by atoms with Crippen molar-refractivity contribution in [2.24, 2.45) is 0 Å². The molecule has 0 bridgehead atoms. The summed E-state index contributed by atoms with van der Waals surface area (Å²) in [6.45, 7) is 11.3. The molecule has 19 heavy (non-hydrogen) atoms. The predicted molar refractivity (Wildman–Crippen MR) is 89.2 cm³/mol. The van der Waals surface area contributed by atoms with Crippen LogP contribution in [0.5, 0.6) is 0 Å². The molecule has 0 amide bonds. The summed E-state index contributed by atoms with van der Waals surface area (Å²) in [6.07, 6.45) is 14.1. The minimum absolute atomic E-state index is 1.12. The van der Waals surface area contributed by atoms with E-state index in [1.807, 2.05) is 44.2 Å². The van der Waals surface area contributed by atoms with E-state index in [9.17, 15) is 0 Å². The SMILES string of the molecule is C1=CCCC1.C=C(C)c1ccccc1.C=C/C=C/C. The Labute approximate surface area is 118 Å². The average Bonchev–Trinajstić information content (AvgIpc) is 3.00. The molecule has 0 atom stereocenters. The Hall–Kier alpha value is -1.82. The largest absolute Gasteiger partial charge is 0.0991 e. The van der Waals surface area contributed by atoms with E-state index < -0.39 is 0 Å². The first-order valence-corrected chi connectivity index (χ1v) is 6.82. The molecule has 0 saturated carbocycles. The number of hydrogen-bond acceptors (Lipinski definition) is 0. The molecule has 0 heterocycles. The van der Waals surface area contributed by atoms with Crippen LogP contribution in [0.1, 0.15) is 38.7 Å². The summed E-state index contributed by atoms with van der Waals surface area (Å²) in [6, 6.07) is 10.2. The molecule has 0 spiro atoms. The van der Waals surface area contributed by atoms with Gasteiger partial charge in [0.2, 0.25) is 0 Å². The van der Waals surface area contributed by atoms with Crippen LogP contribution < -0.4 is 0 Å². The van der Waals surface area contributed by atoms with Gasteiger partial charge in [0.15, 0.2) is 0 Å². The maximum atomic E-state index is 3.83. The molecule has 102 valence electrons. The van der Waals surface area contributed by atoms with Gasteiger partial charge in [-0.25, -0.2) is 0 Å². The Balaban J connectivity index is 0.000000278. The molecule has 1 aliphatic rings. The highest BCUT2D eigenvalue weighted by molar-refractivity contribution is 5.60. The molecule has 0 aromatic heterocycles. The van der Waals surface area contributed by atoms with Crippen LogP contribution in [0.4, 0.5) is 0 Å². The van der Waals surface area contributed by atoms with E-state index in [2.05, 4.69) is 37.4 Å². The Bertz CT molecular complexity index is 387. The number of hydrogen-bond donors (Lipinski definition) is 0. The lowest BCUT2D eigenvalue weighted by Gasteiger charge is -1.94. The zero-order valence-electron chi connectivity index (χ0n) is 12.3. The van der Waals surface area contributed by atoms with E-state index in [1.54, 1.807) is 6.08 Å². The summed E-state index contributed by atoms with van der Waals surface area (Å²) in [5.41, 5.74) is 2.34.